The maximum absolute atomic E-state index is 12.9. The van der Waals surface area contributed by atoms with E-state index >= 15 is 0 Å². The summed E-state index contributed by atoms with van der Waals surface area (Å²) in [5.41, 5.74) is -0.202. The number of alkyl halides is 3. The molecular formula is C13H16F3N3O2. The van der Waals surface area contributed by atoms with Crippen LogP contribution in [0, 0.1) is 11.8 Å². The van der Waals surface area contributed by atoms with E-state index in [1.54, 1.807) is 0 Å². The molecule has 0 unspecified atom stereocenters. The zero-order chi connectivity index (χ0) is 15.5. The number of carboxylic acids is 1. The summed E-state index contributed by atoms with van der Waals surface area (Å²) in [6.45, 7) is 0.158. The summed E-state index contributed by atoms with van der Waals surface area (Å²) < 4.78 is 38.8. The van der Waals surface area contributed by atoms with Crippen molar-refractivity contribution in [3.05, 3.63) is 18.1 Å². The third-order valence-electron chi connectivity index (χ3n) is 3.75. The first-order chi connectivity index (χ1) is 9.88. The maximum Gasteiger partial charge on any atom is 0.392 e. The van der Waals surface area contributed by atoms with E-state index in [1.807, 2.05) is 0 Å². The van der Waals surface area contributed by atoms with Gasteiger partial charge < -0.3 is 10.4 Å². The van der Waals surface area contributed by atoms with E-state index in [0.29, 0.717) is 12.8 Å². The Morgan fingerprint density at radius 3 is 2.57 bits per heavy atom. The molecule has 116 valence electrons. The molecule has 0 aromatic carbocycles. The highest BCUT2D eigenvalue weighted by atomic mass is 19.4. The molecule has 5 nitrogen and oxygen atoms in total. The molecule has 0 spiro atoms. The van der Waals surface area contributed by atoms with Gasteiger partial charge in [-0.3, -0.25) is 0 Å². The molecular weight excluding hydrogens is 287 g/mol. The van der Waals surface area contributed by atoms with Gasteiger partial charge in [-0.1, -0.05) is 12.8 Å². The second kappa shape index (κ2) is 6.28. The van der Waals surface area contributed by atoms with Crippen LogP contribution in [0.4, 0.5) is 19.0 Å². The molecule has 2 rings (SSSR count). The predicted octanol–water partition coefficient (Wildman–Crippen LogP) is 2.96. The molecule has 2 atom stereocenters. The van der Waals surface area contributed by atoms with Gasteiger partial charge in [0.2, 0.25) is 0 Å². The first-order valence-corrected chi connectivity index (χ1v) is 6.74. The number of hydrogen-bond donors (Lipinski definition) is 2. The number of hydrogen-bond acceptors (Lipinski definition) is 4. The predicted molar refractivity (Wildman–Crippen MR) is 69.0 cm³/mol. The van der Waals surface area contributed by atoms with Crippen molar-refractivity contribution in [3.8, 4) is 0 Å². The van der Waals surface area contributed by atoms with Crippen molar-refractivity contribution in [1.29, 1.82) is 0 Å². The first kappa shape index (κ1) is 15.5. The summed E-state index contributed by atoms with van der Waals surface area (Å²) in [7, 11) is 0. The lowest BCUT2D eigenvalue weighted by Crippen LogP contribution is -2.36. The van der Waals surface area contributed by atoms with Crippen LogP contribution >= 0.6 is 0 Å². The summed E-state index contributed by atoms with van der Waals surface area (Å²) in [5, 5.41) is 11.5. The Kier molecular flexibility index (Phi) is 4.64. The molecule has 0 aliphatic heterocycles. The molecule has 1 heterocycles. The highest BCUT2D eigenvalue weighted by Gasteiger charge is 2.45. The van der Waals surface area contributed by atoms with Gasteiger partial charge in [0.1, 0.15) is 5.82 Å². The monoisotopic (exact) mass is 303 g/mol. The fraction of sp³-hybridized carbons (Fsp3) is 0.615. The van der Waals surface area contributed by atoms with Gasteiger partial charge in [-0.15, -0.1) is 0 Å². The van der Waals surface area contributed by atoms with Crippen molar-refractivity contribution in [1.82, 2.24) is 9.97 Å². The Morgan fingerprint density at radius 2 is 2.00 bits per heavy atom. The molecule has 1 aromatic heterocycles. The number of anilines is 1. The molecule has 0 saturated heterocycles. The highest BCUT2D eigenvalue weighted by molar-refractivity contribution is 5.84. The Balaban J connectivity index is 1.96. The molecule has 1 saturated carbocycles. The molecule has 1 aliphatic carbocycles. The number of carboxylic acid groups (broad SMARTS) is 1. The molecule has 1 fully saturated rings. The largest absolute Gasteiger partial charge is 0.476 e. The van der Waals surface area contributed by atoms with Crippen molar-refractivity contribution in [2.24, 2.45) is 11.8 Å². The van der Waals surface area contributed by atoms with Crippen molar-refractivity contribution < 1.29 is 23.1 Å². The van der Waals surface area contributed by atoms with Crippen molar-refractivity contribution >= 4 is 11.8 Å². The summed E-state index contributed by atoms with van der Waals surface area (Å²) in [4.78, 5) is 18.1. The fourth-order valence-corrected chi connectivity index (χ4v) is 2.65. The molecule has 21 heavy (non-hydrogen) atoms. The maximum atomic E-state index is 12.9. The van der Waals surface area contributed by atoms with Crippen molar-refractivity contribution in [2.45, 2.75) is 31.9 Å². The number of nitrogens with zero attached hydrogens (tertiary/aromatic N) is 2. The number of halogens is 3. The van der Waals surface area contributed by atoms with Crippen LogP contribution in [0.1, 0.15) is 36.2 Å². The Labute approximate surface area is 119 Å². The second-order valence-electron chi connectivity index (χ2n) is 5.17. The van der Waals surface area contributed by atoms with E-state index in [0.717, 1.165) is 12.6 Å². The van der Waals surface area contributed by atoms with Gasteiger partial charge in [0.25, 0.3) is 0 Å². The molecule has 1 aliphatic rings. The minimum absolute atomic E-state index is 0.158. The number of nitrogens with one attached hydrogen (secondary N) is 1. The number of carbonyl (C=O) groups is 1. The molecule has 1 aromatic rings. The van der Waals surface area contributed by atoms with Gasteiger partial charge in [0.15, 0.2) is 5.69 Å². The van der Waals surface area contributed by atoms with Gasteiger partial charge >= 0.3 is 12.1 Å². The third-order valence-corrected chi connectivity index (χ3v) is 3.75. The van der Waals surface area contributed by atoms with E-state index < -0.39 is 24.0 Å². The molecule has 8 heteroatoms. The molecule has 0 amide bonds. The van der Waals surface area contributed by atoms with Crippen LogP contribution in [0.3, 0.4) is 0 Å². The molecule has 0 bridgehead atoms. The third kappa shape index (κ3) is 4.05. The van der Waals surface area contributed by atoms with E-state index in [1.165, 1.54) is 6.20 Å². The summed E-state index contributed by atoms with van der Waals surface area (Å²) in [6, 6.07) is 0. The van der Waals surface area contributed by atoms with Gasteiger partial charge in [-0.25, -0.2) is 14.8 Å². The summed E-state index contributed by atoms with van der Waals surface area (Å²) >= 11 is 0. The first-order valence-electron chi connectivity index (χ1n) is 6.74. The van der Waals surface area contributed by atoms with Crippen LogP contribution in [0.25, 0.3) is 0 Å². The fourth-order valence-electron chi connectivity index (χ4n) is 2.65. The zero-order valence-electron chi connectivity index (χ0n) is 11.2. The van der Waals surface area contributed by atoms with Gasteiger partial charge in [-0.2, -0.15) is 13.2 Å². The standard InChI is InChI=1S/C13H16F3N3O2/c14-13(15,16)9-4-2-1-3-8(9)5-18-11-7-17-10(6-19-11)12(20)21/h6-9H,1-5H2,(H,18,19)(H,20,21)/t8-,9-/m1/s1. The van der Waals surface area contributed by atoms with Gasteiger partial charge in [0.05, 0.1) is 18.3 Å². The van der Waals surface area contributed by atoms with Crippen LogP contribution in [-0.2, 0) is 0 Å². The number of aromatic nitrogens is 2. The van der Waals surface area contributed by atoms with E-state index in [4.69, 9.17) is 5.11 Å². The van der Waals surface area contributed by atoms with Crippen LogP contribution in [-0.4, -0.2) is 33.8 Å². The van der Waals surface area contributed by atoms with E-state index in [2.05, 4.69) is 15.3 Å². The highest BCUT2D eigenvalue weighted by Crippen LogP contribution is 2.41. The summed E-state index contributed by atoms with van der Waals surface area (Å²) in [5.74, 6) is -2.69. The minimum atomic E-state index is -4.17. The van der Waals surface area contributed by atoms with Crippen molar-refractivity contribution in [3.63, 3.8) is 0 Å². The number of aromatic carboxylic acids is 1. The lowest BCUT2D eigenvalue weighted by Gasteiger charge is -2.33. The lowest BCUT2D eigenvalue weighted by atomic mass is 9.79. The van der Waals surface area contributed by atoms with Crippen LogP contribution in [0.2, 0.25) is 0 Å². The molecule has 0 radical (unpaired) electrons. The topological polar surface area (TPSA) is 75.1 Å². The summed E-state index contributed by atoms with van der Waals surface area (Å²) in [6.07, 6.45) is 0.209. The van der Waals surface area contributed by atoms with Crippen LogP contribution < -0.4 is 5.32 Å². The smallest absolute Gasteiger partial charge is 0.392 e. The van der Waals surface area contributed by atoms with Gasteiger partial charge in [0, 0.05) is 6.54 Å². The van der Waals surface area contributed by atoms with Gasteiger partial charge in [-0.05, 0) is 18.8 Å². The molecule has 2 N–H and O–H groups in total. The zero-order valence-corrected chi connectivity index (χ0v) is 11.2. The quantitative estimate of drug-likeness (QED) is 0.894. The van der Waals surface area contributed by atoms with Crippen molar-refractivity contribution in [2.75, 3.05) is 11.9 Å². The van der Waals surface area contributed by atoms with E-state index in [-0.39, 0.29) is 24.5 Å². The Bertz CT molecular complexity index is 490. The number of rotatable bonds is 4. The van der Waals surface area contributed by atoms with E-state index in [9.17, 15) is 18.0 Å². The van der Waals surface area contributed by atoms with Crippen LogP contribution in [0.5, 0.6) is 0 Å². The normalized spacial score (nSPS) is 22.8. The average Bonchev–Trinajstić information content (AvgIpc) is 2.45. The van der Waals surface area contributed by atoms with Crippen LogP contribution in [0.15, 0.2) is 12.4 Å². The lowest BCUT2D eigenvalue weighted by molar-refractivity contribution is -0.194. The second-order valence-corrected chi connectivity index (χ2v) is 5.17. The average molecular weight is 303 g/mol. The SMILES string of the molecule is O=C(O)c1cnc(NC[C@H]2CCCC[C@H]2C(F)(F)F)cn1. The minimum Gasteiger partial charge on any atom is -0.476 e. The Hall–Kier alpha value is -1.86. The Morgan fingerprint density at radius 1 is 1.29 bits per heavy atom.